The fraction of sp³-hybridized carbons (Fsp3) is 0.583. The van der Waals surface area contributed by atoms with E-state index in [0.29, 0.717) is 35.8 Å². The van der Waals surface area contributed by atoms with E-state index in [0.717, 1.165) is 44.9 Å². The summed E-state index contributed by atoms with van der Waals surface area (Å²) in [5.74, 6) is -0.0673. The fourth-order valence-electron chi connectivity index (χ4n) is 6.16. The standard InChI is InChI=1S/C36H53N5O6/c1-25-22-41(26(2)24-42)34(43)31-21-30(38-35(44)37-28-14-7-5-8-15-28)18-19-32(31)47-27(3)13-11-12-20-46-33(25)23-40(4)36(45)39-29-16-9-6-10-17-29/h6,9-10,16-19,21,25-28,33,42H,5,7-8,11-15,20,22-24H2,1-4H3,(H,39,45)(H2,37,38,44)/t25-,26-,27-,33-/m0/s1. The molecule has 0 aromatic heterocycles. The Morgan fingerprint density at radius 1 is 0.979 bits per heavy atom. The van der Waals surface area contributed by atoms with E-state index in [2.05, 4.69) is 16.0 Å². The molecule has 1 saturated carbocycles. The highest BCUT2D eigenvalue weighted by atomic mass is 16.5. The van der Waals surface area contributed by atoms with Crippen molar-refractivity contribution in [3.63, 3.8) is 0 Å². The van der Waals surface area contributed by atoms with Crippen molar-refractivity contribution >= 4 is 29.3 Å². The number of aliphatic hydroxyl groups excluding tert-OH is 1. The predicted molar refractivity (Wildman–Crippen MR) is 184 cm³/mol. The Kier molecular flexibility index (Phi) is 13.7. The predicted octanol–water partition coefficient (Wildman–Crippen LogP) is 6.10. The lowest BCUT2D eigenvalue weighted by atomic mass is 9.96. The first kappa shape index (κ1) is 36.0. The molecule has 2 aromatic carbocycles. The second kappa shape index (κ2) is 17.9. The van der Waals surface area contributed by atoms with Crippen LogP contribution in [0.25, 0.3) is 0 Å². The average molecular weight is 652 g/mol. The number of aliphatic hydroxyl groups is 1. The van der Waals surface area contributed by atoms with Gasteiger partial charge in [0.15, 0.2) is 0 Å². The van der Waals surface area contributed by atoms with Crippen molar-refractivity contribution in [2.75, 3.05) is 44.0 Å². The molecule has 4 atom stereocenters. The van der Waals surface area contributed by atoms with Crippen LogP contribution in [0.5, 0.6) is 5.75 Å². The Labute approximate surface area is 279 Å². The minimum atomic E-state index is -0.505. The highest BCUT2D eigenvalue weighted by Gasteiger charge is 2.31. The molecule has 1 fully saturated rings. The molecule has 0 saturated heterocycles. The summed E-state index contributed by atoms with van der Waals surface area (Å²) in [5.41, 5.74) is 1.50. The maximum absolute atomic E-state index is 14.3. The van der Waals surface area contributed by atoms with Crippen LogP contribution in [0.1, 0.15) is 82.5 Å². The van der Waals surface area contributed by atoms with Crippen molar-refractivity contribution in [2.45, 2.75) is 96.4 Å². The normalized spacial score (nSPS) is 22.2. The lowest BCUT2D eigenvalue weighted by Gasteiger charge is -2.35. The van der Waals surface area contributed by atoms with Gasteiger partial charge < -0.3 is 40.3 Å². The molecule has 258 valence electrons. The second-order valence-corrected chi connectivity index (χ2v) is 13.1. The van der Waals surface area contributed by atoms with E-state index in [1.54, 1.807) is 42.0 Å². The van der Waals surface area contributed by atoms with Gasteiger partial charge in [-0.2, -0.15) is 0 Å². The van der Waals surface area contributed by atoms with Gasteiger partial charge in [-0.05, 0) is 76.3 Å². The Morgan fingerprint density at radius 2 is 1.70 bits per heavy atom. The van der Waals surface area contributed by atoms with Crippen LogP contribution in [0.4, 0.5) is 21.0 Å². The van der Waals surface area contributed by atoms with Gasteiger partial charge in [-0.3, -0.25) is 4.79 Å². The highest BCUT2D eigenvalue weighted by molar-refractivity contribution is 5.99. The van der Waals surface area contributed by atoms with Crippen molar-refractivity contribution in [2.24, 2.45) is 5.92 Å². The van der Waals surface area contributed by atoms with Gasteiger partial charge in [-0.25, -0.2) is 9.59 Å². The molecule has 11 heteroatoms. The molecule has 1 aliphatic carbocycles. The van der Waals surface area contributed by atoms with Crippen molar-refractivity contribution in [3.05, 3.63) is 54.1 Å². The summed E-state index contributed by atoms with van der Waals surface area (Å²) < 4.78 is 12.7. The molecule has 4 N–H and O–H groups in total. The summed E-state index contributed by atoms with van der Waals surface area (Å²) in [6, 6.07) is 13.5. The van der Waals surface area contributed by atoms with Crippen molar-refractivity contribution in [1.29, 1.82) is 0 Å². The third kappa shape index (κ3) is 10.9. The van der Waals surface area contributed by atoms with Crippen molar-refractivity contribution in [3.8, 4) is 5.75 Å². The molecule has 4 rings (SSSR count). The lowest BCUT2D eigenvalue weighted by molar-refractivity contribution is -0.0115. The van der Waals surface area contributed by atoms with E-state index in [-0.39, 0.29) is 55.3 Å². The van der Waals surface area contributed by atoms with E-state index >= 15 is 0 Å². The number of urea groups is 2. The maximum Gasteiger partial charge on any atom is 0.321 e. The number of amides is 5. The van der Waals surface area contributed by atoms with Gasteiger partial charge in [0.2, 0.25) is 0 Å². The SMILES string of the molecule is C[C@H]1CCCCO[C@@H](CN(C)C(=O)Nc2ccccc2)[C@@H](C)CN([C@@H](C)CO)C(=O)c2cc(NC(=O)NC3CCCCC3)ccc2O1. The molecule has 11 nitrogen and oxygen atoms in total. The number of hydrogen-bond donors (Lipinski definition) is 4. The van der Waals surface area contributed by atoms with Gasteiger partial charge in [-0.1, -0.05) is 44.4 Å². The second-order valence-electron chi connectivity index (χ2n) is 13.1. The number of nitrogens with zero attached hydrogens (tertiary/aromatic N) is 2. The molecule has 1 aliphatic heterocycles. The Bertz CT molecular complexity index is 1300. The summed E-state index contributed by atoms with van der Waals surface area (Å²) in [4.78, 5) is 43.5. The number of rotatable bonds is 7. The molecular formula is C36H53N5O6. The van der Waals surface area contributed by atoms with Crippen LogP contribution in [-0.4, -0.2) is 90.5 Å². The number of anilines is 2. The lowest BCUT2D eigenvalue weighted by Crippen LogP contribution is -2.48. The number of hydrogen-bond acceptors (Lipinski definition) is 6. The third-order valence-electron chi connectivity index (χ3n) is 9.08. The molecule has 0 spiro atoms. The number of nitrogens with one attached hydrogen (secondary N) is 3. The number of ether oxygens (including phenoxy) is 2. The van der Waals surface area contributed by atoms with Gasteiger partial charge in [0.05, 0.1) is 30.4 Å². The molecule has 0 radical (unpaired) electrons. The number of fused-ring (bicyclic) bond motifs is 1. The Morgan fingerprint density at radius 3 is 2.43 bits per heavy atom. The minimum absolute atomic E-state index is 0.146. The average Bonchev–Trinajstić information content (AvgIpc) is 3.06. The molecule has 0 bridgehead atoms. The molecule has 2 aliphatic rings. The van der Waals surface area contributed by atoms with Gasteiger partial charge in [0.25, 0.3) is 5.91 Å². The van der Waals surface area contributed by atoms with E-state index in [9.17, 15) is 19.5 Å². The first-order valence-electron chi connectivity index (χ1n) is 17.1. The van der Waals surface area contributed by atoms with Crippen LogP contribution >= 0.6 is 0 Å². The number of likely N-dealkylation sites (N-methyl/N-ethyl adjacent to an activating group) is 1. The Balaban J connectivity index is 1.56. The molecule has 1 heterocycles. The first-order valence-corrected chi connectivity index (χ1v) is 17.1. The Hall–Kier alpha value is -3.83. The van der Waals surface area contributed by atoms with Crippen LogP contribution in [0.2, 0.25) is 0 Å². The molecule has 0 unspecified atom stereocenters. The zero-order valence-corrected chi connectivity index (χ0v) is 28.4. The third-order valence-corrected chi connectivity index (χ3v) is 9.08. The largest absolute Gasteiger partial charge is 0.490 e. The van der Waals surface area contributed by atoms with E-state index in [1.165, 1.54) is 6.42 Å². The summed E-state index contributed by atoms with van der Waals surface area (Å²) >= 11 is 0. The van der Waals surface area contributed by atoms with Gasteiger partial charge >= 0.3 is 12.1 Å². The molecule has 5 amide bonds. The smallest absolute Gasteiger partial charge is 0.321 e. The van der Waals surface area contributed by atoms with Gasteiger partial charge in [0, 0.05) is 50.1 Å². The van der Waals surface area contributed by atoms with Crippen LogP contribution in [0.3, 0.4) is 0 Å². The maximum atomic E-state index is 14.3. The highest BCUT2D eigenvalue weighted by Crippen LogP contribution is 2.29. The summed E-state index contributed by atoms with van der Waals surface area (Å²) in [5, 5.41) is 19.1. The first-order chi connectivity index (χ1) is 22.6. The zero-order chi connectivity index (χ0) is 33.8. The summed E-state index contributed by atoms with van der Waals surface area (Å²) in [6.45, 7) is 6.63. The van der Waals surface area contributed by atoms with Crippen molar-refractivity contribution in [1.82, 2.24) is 15.1 Å². The number of para-hydroxylation sites is 1. The van der Waals surface area contributed by atoms with Crippen LogP contribution < -0.4 is 20.7 Å². The summed E-state index contributed by atoms with van der Waals surface area (Å²) in [7, 11) is 1.73. The monoisotopic (exact) mass is 651 g/mol. The van der Waals surface area contributed by atoms with E-state index in [4.69, 9.17) is 9.47 Å². The fourth-order valence-corrected chi connectivity index (χ4v) is 6.16. The van der Waals surface area contributed by atoms with Gasteiger partial charge in [0.1, 0.15) is 5.75 Å². The van der Waals surface area contributed by atoms with Crippen LogP contribution in [-0.2, 0) is 4.74 Å². The summed E-state index contributed by atoms with van der Waals surface area (Å²) in [6.07, 6.45) is 7.25. The van der Waals surface area contributed by atoms with E-state index in [1.807, 2.05) is 44.2 Å². The molecule has 2 aromatic rings. The van der Waals surface area contributed by atoms with Crippen LogP contribution in [0.15, 0.2) is 48.5 Å². The minimum Gasteiger partial charge on any atom is -0.490 e. The molecular weight excluding hydrogens is 598 g/mol. The van der Waals surface area contributed by atoms with Crippen molar-refractivity contribution < 1.29 is 29.0 Å². The van der Waals surface area contributed by atoms with Gasteiger partial charge in [-0.15, -0.1) is 0 Å². The quantitative estimate of drug-likeness (QED) is 0.286. The number of carbonyl (C=O) groups excluding carboxylic acids is 3. The van der Waals surface area contributed by atoms with Crippen LogP contribution in [0, 0.1) is 5.92 Å². The molecule has 47 heavy (non-hydrogen) atoms. The number of benzene rings is 2. The topological polar surface area (TPSA) is 132 Å². The zero-order valence-electron chi connectivity index (χ0n) is 28.4. The van der Waals surface area contributed by atoms with E-state index < -0.39 is 6.04 Å². The number of carbonyl (C=O) groups is 3.